The van der Waals surface area contributed by atoms with Gasteiger partial charge in [0.25, 0.3) is 11.6 Å². The van der Waals surface area contributed by atoms with E-state index >= 15 is 0 Å². The van der Waals surface area contributed by atoms with Gasteiger partial charge in [-0.3, -0.25) is 14.9 Å². The number of carbonyl (C=O) groups is 1. The average molecular weight is 357 g/mol. The van der Waals surface area contributed by atoms with Crippen LogP contribution in [0.5, 0.6) is 0 Å². The van der Waals surface area contributed by atoms with Gasteiger partial charge in [0, 0.05) is 16.1 Å². The Hall–Kier alpha value is -2.35. The van der Waals surface area contributed by atoms with E-state index in [2.05, 4.69) is 21.2 Å². The maximum Gasteiger partial charge on any atom is 0.273 e. The van der Waals surface area contributed by atoms with Crippen LogP contribution in [0, 0.1) is 21.7 Å². The Kier molecular flexibility index (Phi) is 4.27. The predicted molar refractivity (Wildman–Crippen MR) is 75.1 cm³/mol. The minimum Gasteiger partial charge on any atom is -0.321 e. The fourth-order valence-electron chi connectivity index (χ4n) is 1.60. The molecule has 0 aromatic heterocycles. The molecule has 0 radical (unpaired) electrons. The molecule has 0 aliphatic carbocycles. The summed E-state index contributed by atoms with van der Waals surface area (Å²) >= 11 is 3.12. The molecule has 0 atom stereocenters. The van der Waals surface area contributed by atoms with Crippen molar-refractivity contribution in [2.75, 3.05) is 5.32 Å². The van der Waals surface area contributed by atoms with Crippen molar-refractivity contribution in [3.8, 4) is 0 Å². The molecule has 2 aromatic carbocycles. The number of nitrogens with one attached hydrogen (secondary N) is 1. The molecule has 108 valence electrons. The van der Waals surface area contributed by atoms with Crippen molar-refractivity contribution in [2.45, 2.75) is 0 Å². The van der Waals surface area contributed by atoms with Crippen LogP contribution in [0.15, 0.2) is 40.9 Å². The van der Waals surface area contributed by atoms with Gasteiger partial charge in [0.2, 0.25) is 0 Å². The van der Waals surface area contributed by atoms with Gasteiger partial charge < -0.3 is 5.32 Å². The summed E-state index contributed by atoms with van der Waals surface area (Å²) in [6.45, 7) is 0. The first-order chi connectivity index (χ1) is 9.86. The molecule has 1 N–H and O–H groups in total. The molecule has 2 rings (SSSR count). The lowest BCUT2D eigenvalue weighted by Crippen LogP contribution is -2.13. The molecular weight excluding hydrogens is 350 g/mol. The number of non-ortho nitro benzene ring substituents is 1. The Morgan fingerprint density at radius 1 is 1.14 bits per heavy atom. The molecule has 5 nitrogen and oxygen atoms in total. The standard InChI is InChI=1S/C13H7BrF2N2O3/c14-11-2-1-8(15)6-12(11)17-13(19)7-3-9(16)5-10(4-7)18(20)21/h1-6H,(H,17,19). The highest BCUT2D eigenvalue weighted by atomic mass is 79.9. The van der Waals surface area contributed by atoms with Crippen LogP contribution < -0.4 is 5.32 Å². The van der Waals surface area contributed by atoms with Crippen molar-refractivity contribution in [1.82, 2.24) is 0 Å². The van der Waals surface area contributed by atoms with Crippen molar-refractivity contribution in [3.63, 3.8) is 0 Å². The van der Waals surface area contributed by atoms with Crippen LogP contribution in [-0.4, -0.2) is 10.8 Å². The number of rotatable bonds is 3. The minimum absolute atomic E-state index is 0.131. The fraction of sp³-hybridized carbons (Fsp3) is 0. The summed E-state index contributed by atoms with van der Waals surface area (Å²) in [5.41, 5.74) is -0.650. The van der Waals surface area contributed by atoms with Gasteiger partial charge in [0.1, 0.15) is 11.6 Å². The van der Waals surface area contributed by atoms with Crippen molar-refractivity contribution >= 4 is 33.2 Å². The van der Waals surface area contributed by atoms with Crippen LogP contribution >= 0.6 is 15.9 Å². The number of nitro benzene ring substituents is 1. The number of nitro groups is 1. The van der Waals surface area contributed by atoms with Gasteiger partial charge in [0.05, 0.1) is 16.7 Å². The van der Waals surface area contributed by atoms with E-state index < -0.39 is 28.2 Å². The smallest absolute Gasteiger partial charge is 0.273 e. The van der Waals surface area contributed by atoms with Crippen LogP contribution in [0.1, 0.15) is 10.4 Å². The van der Waals surface area contributed by atoms with E-state index in [9.17, 15) is 23.7 Å². The molecule has 0 heterocycles. The normalized spacial score (nSPS) is 10.2. The average Bonchev–Trinajstić information content (AvgIpc) is 2.42. The Morgan fingerprint density at radius 2 is 1.86 bits per heavy atom. The molecule has 0 aliphatic heterocycles. The first-order valence-corrected chi connectivity index (χ1v) is 6.37. The molecular formula is C13H7BrF2N2O3. The third-order valence-corrected chi connectivity index (χ3v) is 3.22. The highest BCUT2D eigenvalue weighted by Gasteiger charge is 2.15. The Balaban J connectivity index is 2.32. The predicted octanol–water partition coefficient (Wildman–Crippen LogP) is 3.89. The zero-order valence-electron chi connectivity index (χ0n) is 10.3. The number of hydrogen-bond donors (Lipinski definition) is 1. The lowest BCUT2D eigenvalue weighted by atomic mass is 10.1. The van der Waals surface area contributed by atoms with E-state index in [-0.39, 0.29) is 11.3 Å². The maximum absolute atomic E-state index is 13.3. The van der Waals surface area contributed by atoms with Crippen LogP contribution in [0.4, 0.5) is 20.2 Å². The molecule has 0 saturated heterocycles. The number of nitrogens with zero attached hydrogens (tertiary/aromatic N) is 1. The van der Waals surface area contributed by atoms with Crippen LogP contribution in [-0.2, 0) is 0 Å². The summed E-state index contributed by atoms with van der Waals surface area (Å²) in [5, 5.41) is 13.0. The molecule has 0 unspecified atom stereocenters. The molecule has 8 heteroatoms. The van der Waals surface area contributed by atoms with Gasteiger partial charge in [-0.2, -0.15) is 0 Å². The van der Waals surface area contributed by atoms with Crippen LogP contribution in [0.25, 0.3) is 0 Å². The van der Waals surface area contributed by atoms with Crippen molar-refractivity contribution in [1.29, 1.82) is 0 Å². The quantitative estimate of drug-likeness (QED) is 0.669. The summed E-state index contributed by atoms with van der Waals surface area (Å²) in [7, 11) is 0. The third-order valence-electron chi connectivity index (χ3n) is 2.53. The lowest BCUT2D eigenvalue weighted by Gasteiger charge is -2.07. The van der Waals surface area contributed by atoms with Gasteiger partial charge in [-0.05, 0) is 40.2 Å². The highest BCUT2D eigenvalue weighted by Crippen LogP contribution is 2.24. The van der Waals surface area contributed by atoms with Gasteiger partial charge >= 0.3 is 0 Å². The Morgan fingerprint density at radius 3 is 2.52 bits per heavy atom. The Bertz CT molecular complexity index is 737. The molecule has 21 heavy (non-hydrogen) atoms. The van der Waals surface area contributed by atoms with Gasteiger partial charge in [-0.25, -0.2) is 8.78 Å². The molecule has 1 amide bonds. The summed E-state index contributed by atoms with van der Waals surface area (Å²) in [6, 6.07) is 6.14. The van der Waals surface area contributed by atoms with E-state index in [0.717, 1.165) is 18.2 Å². The van der Waals surface area contributed by atoms with Crippen molar-refractivity contribution < 1.29 is 18.5 Å². The number of amides is 1. The van der Waals surface area contributed by atoms with Gasteiger partial charge in [-0.15, -0.1) is 0 Å². The monoisotopic (exact) mass is 356 g/mol. The lowest BCUT2D eigenvalue weighted by molar-refractivity contribution is -0.385. The largest absolute Gasteiger partial charge is 0.321 e. The van der Waals surface area contributed by atoms with E-state index in [1.165, 1.54) is 12.1 Å². The SMILES string of the molecule is O=C(Nc1cc(F)ccc1Br)c1cc(F)cc([N+](=O)[O-])c1. The van der Waals surface area contributed by atoms with E-state index in [4.69, 9.17) is 0 Å². The second kappa shape index (κ2) is 5.96. The zero-order valence-corrected chi connectivity index (χ0v) is 11.9. The molecule has 0 saturated carbocycles. The topological polar surface area (TPSA) is 72.2 Å². The number of carbonyl (C=O) groups excluding carboxylic acids is 1. The molecule has 0 aliphatic rings. The second-order valence-corrected chi connectivity index (χ2v) is 4.89. The first kappa shape index (κ1) is 15.0. The molecule has 0 fully saturated rings. The Labute approximate surface area is 125 Å². The van der Waals surface area contributed by atoms with Gasteiger partial charge in [-0.1, -0.05) is 0 Å². The van der Waals surface area contributed by atoms with Crippen molar-refractivity contribution in [3.05, 3.63) is 68.2 Å². The second-order valence-electron chi connectivity index (χ2n) is 4.03. The number of benzene rings is 2. The maximum atomic E-state index is 13.3. The van der Waals surface area contributed by atoms with E-state index in [0.29, 0.717) is 10.5 Å². The van der Waals surface area contributed by atoms with E-state index in [1.807, 2.05) is 0 Å². The summed E-state index contributed by atoms with van der Waals surface area (Å²) in [4.78, 5) is 21.8. The molecule has 0 spiro atoms. The number of halogens is 3. The summed E-state index contributed by atoms with van der Waals surface area (Å²) in [5.74, 6) is -2.27. The van der Waals surface area contributed by atoms with E-state index in [1.54, 1.807) is 0 Å². The molecule has 0 bridgehead atoms. The van der Waals surface area contributed by atoms with Crippen molar-refractivity contribution in [2.24, 2.45) is 0 Å². The van der Waals surface area contributed by atoms with Crippen LogP contribution in [0.2, 0.25) is 0 Å². The summed E-state index contributed by atoms with van der Waals surface area (Å²) in [6.07, 6.45) is 0. The third kappa shape index (κ3) is 3.60. The fourth-order valence-corrected chi connectivity index (χ4v) is 1.94. The number of anilines is 1. The minimum atomic E-state index is -0.910. The summed E-state index contributed by atoms with van der Waals surface area (Å²) < 4.78 is 26.8. The zero-order chi connectivity index (χ0) is 15.6. The van der Waals surface area contributed by atoms with Gasteiger partial charge in [0.15, 0.2) is 0 Å². The molecule has 2 aromatic rings. The highest BCUT2D eigenvalue weighted by molar-refractivity contribution is 9.10. The number of hydrogen-bond acceptors (Lipinski definition) is 3. The first-order valence-electron chi connectivity index (χ1n) is 5.58. The van der Waals surface area contributed by atoms with Crippen LogP contribution in [0.3, 0.4) is 0 Å².